The molecule has 2 aliphatic rings. The molecule has 104 valence electrons. The van der Waals surface area contributed by atoms with Crippen LogP contribution in [0.25, 0.3) is 11.4 Å². The van der Waals surface area contributed by atoms with Crippen LogP contribution in [0, 0.1) is 5.92 Å². The minimum Gasteiger partial charge on any atom is -0.454 e. The molecule has 3 heterocycles. The Balaban J connectivity index is 1.75. The third kappa shape index (κ3) is 1.76. The zero-order valence-corrected chi connectivity index (χ0v) is 11.2. The molecule has 0 saturated heterocycles. The van der Waals surface area contributed by atoms with Crippen molar-refractivity contribution in [1.82, 2.24) is 14.8 Å². The number of hydrogen-bond acceptors (Lipinski definition) is 5. The minimum atomic E-state index is -0.0333. The first-order chi connectivity index (χ1) is 9.70. The number of aromatic nitrogens is 3. The lowest BCUT2D eigenvalue weighted by atomic mass is 9.98. The molecule has 0 spiro atoms. The maximum Gasteiger partial charge on any atom is 0.231 e. The summed E-state index contributed by atoms with van der Waals surface area (Å²) in [6.07, 6.45) is 0.958. The molecule has 0 aliphatic carbocycles. The fourth-order valence-corrected chi connectivity index (χ4v) is 2.83. The molecule has 2 N–H and O–H groups in total. The zero-order chi connectivity index (χ0) is 13.7. The molecule has 2 aromatic rings. The molecule has 20 heavy (non-hydrogen) atoms. The van der Waals surface area contributed by atoms with Gasteiger partial charge in [-0.2, -0.15) is 5.10 Å². The second-order valence-electron chi connectivity index (χ2n) is 5.49. The van der Waals surface area contributed by atoms with E-state index in [4.69, 9.17) is 15.2 Å². The van der Waals surface area contributed by atoms with E-state index in [9.17, 15) is 0 Å². The van der Waals surface area contributed by atoms with Crippen LogP contribution in [0.5, 0.6) is 11.5 Å². The van der Waals surface area contributed by atoms with Crippen LogP contribution in [-0.2, 0) is 6.54 Å². The molecule has 0 amide bonds. The molecule has 1 aromatic heterocycles. The van der Waals surface area contributed by atoms with Crippen molar-refractivity contribution in [3.05, 3.63) is 24.0 Å². The van der Waals surface area contributed by atoms with E-state index >= 15 is 0 Å². The second kappa shape index (κ2) is 4.21. The summed E-state index contributed by atoms with van der Waals surface area (Å²) in [7, 11) is 0. The van der Waals surface area contributed by atoms with Gasteiger partial charge in [-0.05, 0) is 30.5 Å². The zero-order valence-electron chi connectivity index (χ0n) is 11.2. The molecule has 0 radical (unpaired) electrons. The Bertz CT molecular complexity index is 667. The molecule has 0 fully saturated rings. The predicted molar refractivity (Wildman–Crippen MR) is 72.3 cm³/mol. The molecule has 2 unspecified atom stereocenters. The van der Waals surface area contributed by atoms with Crippen molar-refractivity contribution in [2.75, 3.05) is 6.79 Å². The number of nitrogens with zero attached hydrogens (tertiary/aromatic N) is 3. The third-order valence-corrected chi connectivity index (χ3v) is 3.80. The van der Waals surface area contributed by atoms with Gasteiger partial charge in [0.05, 0.1) is 6.04 Å². The summed E-state index contributed by atoms with van der Waals surface area (Å²) in [6.45, 7) is 3.33. The highest BCUT2D eigenvalue weighted by atomic mass is 16.7. The fraction of sp³-hybridized carbons (Fsp3) is 0.429. The van der Waals surface area contributed by atoms with Crippen molar-refractivity contribution in [2.24, 2.45) is 11.7 Å². The summed E-state index contributed by atoms with van der Waals surface area (Å²) in [6, 6.07) is 5.72. The molecule has 0 saturated carbocycles. The van der Waals surface area contributed by atoms with Gasteiger partial charge in [0.2, 0.25) is 6.79 Å². The number of nitrogens with two attached hydrogens (primary N) is 1. The van der Waals surface area contributed by atoms with Crippen molar-refractivity contribution < 1.29 is 9.47 Å². The molecule has 2 aliphatic heterocycles. The highest BCUT2D eigenvalue weighted by Gasteiger charge is 2.26. The normalized spacial score (nSPS) is 23.7. The highest BCUT2D eigenvalue weighted by molar-refractivity contribution is 5.61. The van der Waals surface area contributed by atoms with Crippen LogP contribution in [0.1, 0.15) is 25.2 Å². The van der Waals surface area contributed by atoms with Gasteiger partial charge in [0, 0.05) is 12.1 Å². The van der Waals surface area contributed by atoms with Gasteiger partial charge in [-0.25, -0.2) is 9.67 Å². The Morgan fingerprint density at radius 1 is 1.30 bits per heavy atom. The van der Waals surface area contributed by atoms with E-state index < -0.39 is 0 Å². The molecular weight excluding hydrogens is 256 g/mol. The van der Waals surface area contributed by atoms with Crippen LogP contribution in [0.2, 0.25) is 0 Å². The first kappa shape index (κ1) is 11.7. The quantitative estimate of drug-likeness (QED) is 0.855. The average Bonchev–Trinajstić information content (AvgIpc) is 3.03. The van der Waals surface area contributed by atoms with Gasteiger partial charge in [0.1, 0.15) is 5.82 Å². The van der Waals surface area contributed by atoms with Gasteiger partial charge in [-0.1, -0.05) is 6.92 Å². The Kier molecular flexibility index (Phi) is 2.47. The molecule has 6 nitrogen and oxygen atoms in total. The predicted octanol–water partition coefficient (Wildman–Crippen LogP) is 1.71. The first-order valence-electron chi connectivity index (χ1n) is 6.81. The Labute approximate surface area is 116 Å². The molecule has 4 rings (SSSR count). The van der Waals surface area contributed by atoms with Gasteiger partial charge in [0.15, 0.2) is 17.3 Å². The number of fused-ring (bicyclic) bond motifs is 2. The maximum atomic E-state index is 6.15. The topological polar surface area (TPSA) is 75.2 Å². The largest absolute Gasteiger partial charge is 0.454 e. The monoisotopic (exact) mass is 272 g/mol. The maximum absolute atomic E-state index is 6.15. The smallest absolute Gasteiger partial charge is 0.231 e. The molecular formula is C14H16N4O2. The van der Waals surface area contributed by atoms with Gasteiger partial charge in [-0.3, -0.25) is 0 Å². The number of rotatable bonds is 1. The standard InChI is InChI=1S/C14H16N4O2/c1-8-4-10(15)14-16-13(17-18(14)6-8)9-2-3-11-12(5-9)20-7-19-11/h2-3,5,8,10H,4,6-7,15H2,1H3. The first-order valence-corrected chi connectivity index (χ1v) is 6.81. The van der Waals surface area contributed by atoms with Crippen LogP contribution in [-0.4, -0.2) is 21.6 Å². The lowest BCUT2D eigenvalue weighted by Gasteiger charge is -2.23. The van der Waals surface area contributed by atoms with E-state index in [1.165, 1.54) is 0 Å². The summed E-state index contributed by atoms with van der Waals surface area (Å²) in [5, 5.41) is 4.58. The number of hydrogen-bond donors (Lipinski definition) is 1. The second-order valence-corrected chi connectivity index (χ2v) is 5.49. The molecule has 0 bridgehead atoms. The average molecular weight is 272 g/mol. The Hall–Kier alpha value is -2.08. The summed E-state index contributed by atoms with van der Waals surface area (Å²) in [5.41, 5.74) is 7.08. The lowest BCUT2D eigenvalue weighted by molar-refractivity contribution is 0.174. The van der Waals surface area contributed by atoms with Crippen LogP contribution in [0.3, 0.4) is 0 Å². The summed E-state index contributed by atoms with van der Waals surface area (Å²) >= 11 is 0. The van der Waals surface area contributed by atoms with E-state index in [0.29, 0.717) is 11.7 Å². The number of benzene rings is 1. The highest BCUT2D eigenvalue weighted by Crippen LogP contribution is 2.35. The Morgan fingerprint density at radius 2 is 2.15 bits per heavy atom. The van der Waals surface area contributed by atoms with Crippen LogP contribution in [0.15, 0.2) is 18.2 Å². The fourth-order valence-electron chi connectivity index (χ4n) is 2.83. The van der Waals surface area contributed by atoms with Crippen molar-refractivity contribution in [3.63, 3.8) is 0 Å². The van der Waals surface area contributed by atoms with Gasteiger partial charge >= 0.3 is 0 Å². The summed E-state index contributed by atoms with van der Waals surface area (Å²) in [5.74, 6) is 3.61. The van der Waals surface area contributed by atoms with Gasteiger partial charge < -0.3 is 15.2 Å². The molecule has 1 aromatic carbocycles. The third-order valence-electron chi connectivity index (χ3n) is 3.80. The molecule has 6 heteroatoms. The van der Waals surface area contributed by atoms with E-state index in [-0.39, 0.29) is 12.8 Å². The van der Waals surface area contributed by atoms with E-state index in [1.807, 2.05) is 22.9 Å². The van der Waals surface area contributed by atoms with Crippen molar-refractivity contribution in [3.8, 4) is 22.9 Å². The van der Waals surface area contributed by atoms with E-state index in [0.717, 1.165) is 35.9 Å². The summed E-state index contributed by atoms with van der Waals surface area (Å²) in [4.78, 5) is 4.59. The van der Waals surface area contributed by atoms with Gasteiger partial charge in [-0.15, -0.1) is 0 Å². The lowest BCUT2D eigenvalue weighted by Crippen LogP contribution is -2.27. The Morgan fingerprint density at radius 3 is 3.05 bits per heavy atom. The number of ether oxygens (including phenoxy) is 2. The van der Waals surface area contributed by atoms with Gasteiger partial charge in [0.25, 0.3) is 0 Å². The van der Waals surface area contributed by atoms with Crippen LogP contribution in [0.4, 0.5) is 0 Å². The van der Waals surface area contributed by atoms with E-state index in [2.05, 4.69) is 17.0 Å². The van der Waals surface area contributed by atoms with E-state index in [1.54, 1.807) is 0 Å². The SMILES string of the molecule is CC1CC(N)c2nc(-c3ccc4c(c3)OCO4)nn2C1. The van der Waals surface area contributed by atoms with Crippen molar-refractivity contribution in [2.45, 2.75) is 25.9 Å². The molecule has 2 atom stereocenters. The van der Waals surface area contributed by atoms with Crippen molar-refractivity contribution >= 4 is 0 Å². The van der Waals surface area contributed by atoms with Crippen LogP contribution < -0.4 is 15.2 Å². The summed E-state index contributed by atoms with van der Waals surface area (Å²) < 4.78 is 12.6. The minimum absolute atomic E-state index is 0.0333. The van der Waals surface area contributed by atoms with Crippen LogP contribution >= 0.6 is 0 Å². The van der Waals surface area contributed by atoms with Crippen molar-refractivity contribution in [1.29, 1.82) is 0 Å².